The van der Waals surface area contributed by atoms with Crippen molar-refractivity contribution in [3.05, 3.63) is 56.2 Å². The molecule has 2 rings (SSSR count). The molecule has 102 valence electrons. The van der Waals surface area contributed by atoms with Crippen LogP contribution in [0.15, 0.2) is 39.5 Å². The van der Waals surface area contributed by atoms with Crippen LogP contribution < -0.4 is 0 Å². The molecule has 0 spiro atoms. The van der Waals surface area contributed by atoms with E-state index in [1.54, 1.807) is 17.5 Å². The van der Waals surface area contributed by atoms with Gasteiger partial charge < -0.3 is 5.11 Å². The Hall–Kier alpha value is -0.850. The molecule has 2 aromatic rings. The van der Waals surface area contributed by atoms with Crippen molar-refractivity contribution in [2.45, 2.75) is 18.7 Å². The summed E-state index contributed by atoms with van der Waals surface area (Å²) in [6.45, 7) is 0. The summed E-state index contributed by atoms with van der Waals surface area (Å²) in [5, 5.41) is 11.8. The quantitative estimate of drug-likeness (QED) is 0.842. The predicted octanol–water partition coefficient (Wildman–Crippen LogP) is 4.81. The Labute approximate surface area is 120 Å². The van der Waals surface area contributed by atoms with E-state index in [-0.39, 0.29) is 6.42 Å². The molecular weight excluding hydrogens is 341 g/mol. The minimum absolute atomic E-state index is 0.160. The molecule has 0 saturated heterocycles. The van der Waals surface area contributed by atoms with Gasteiger partial charge in [0, 0.05) is 6.42 Å². The average molecular weight is 351 g/mol. The zero-order chi connectivity index (χ0) is 14.0. The normalized spacial score (nSPS) is 13.5. The zero-order valence-corrected chi connectivity index (χ0v) is 12.0. The van der Waals surface area contributed by atoms with E-state index in [9.17, 15) is 18.3 Å². The number of alkyl halides is 3. The van der Waals surface area contributed by atoms with E-state index in [4.69, 9.17) is 0 Å². The highest BCUT2D eigenvalue weighted by Gasteiger charge is 2.30. The molecule has 1 unspecified atom stereocenters. The number of halogens is 4. The summed E-state index contributed by atoms with van der Waals surface area (Å²) in [5.74, 6) is 0. The molecular formula is C13H10BrF3OS. The monoisotopic (exact) mass is 350 g/mol. The van der Waals surface area contributed by atoms with Crippen molar-refractivity contribution in [2.24, 2.45) is 0 Å². The van der Waals surface area contributed by atoms with Crippen molar-refractivity contribution in [1.29, 1.82) is 0 Å². The van der Waals surface area contributed by atoms with Crippen molar-refractivity contribution < 1.29 is 18.3 Å². The van der Waals surface area contributed by atoms with Crippen LogP contribution in [0.1, 0.15) is 22.8 Å². The van der Waals surface area contributed by atoms with Gasteiger partial charge in [0.05, 0.1) is 15.5 Å². The van der Waals surface area contributed by atoms with E-state index in [1.807, 2.05) is 0 Å². The average Bonchev–Trinajstić information content (AvgIpc) is 2.75. The lowest BCUT2D eigenvalue weighted by molar-refractivity contribution is -0.137. The van der Waals surface area contributed by atoms with Crippen LogP contribution in [0.4, 0.5) is 13.2 Å². The standard InChI is InChI=1S/C13H10BrF3OS/c14-12-6-9(7-19-12)11(18)5-8-2-1-3-10(4-8)13(15,16)17/h1-4,6-7,11,18H,5H2. The molecule has 6 heteroatoms. The molecule has 0 aliphatic heterocycles. The number of rotatable bonds is 3. The molecule has 1 nitrogen and oxygen atoms in total. The largest absolute Gasteiger partial charge is 0.416 e. The highest BCUT2D eigenvalue weighted by Crippen LogP contribution is 2.31. The maximum Gasteiger partial charge on any atom is 0.416 e. The Morgan fingerprint density at radius 2 is 2.00 bits per heavy atom. The lowest BCUT2D eigenvalue weighted by atomic mass is 10.0. The molecule has 0 amide bonds. The van der Waals surface area contributed by atoms with Gasteiger partial charge in [0.25, 0.3) is 0 Å². The molecule has 1 atom stereocenters. The lowest BCUT2D eigenvalue weighted by Gasteiger charge is -2.11. The van der Waals surface area contributed by atoms with Gasteiger partial charge in [-0.25, -0.2) is 0 Å². The summed E-state index contributed by atoms with van der Waals surface area (Å²) in [4.78, 5) is 0. The van der Waals surface area contributed by atoms with E-state index in [1.165, 1.54) is 17.4 Å². The van der Waals surface area contributed by atoms with Gasteiger partial charge in [-0.15, -0.1) is 11.3 Å². The first kappa shape index (κ1) is 14.6. The van der Waals surface area contributed by atoms with Gasteiger partial charge in [-0.1, -0.05) is 18.2 Å². The van der Waals surface area contributed by atoms with Crippen LogP contribution in [0.2, 0.25) is 0 Å². The molecule has 1 aromatic carbocycles. The van der Waals surface area contributed by atoms with Crippen molar-refractivity contribution in [1.82, 2.24) is 0 Å². The number of aliphatic hydroxyl groups excluding tert-OH is 1. The predicted molar refractivity (Wildman–Crippen MR) is 72.1 cm³/mol. The van der Waals surface area contributed by atoms with Crippen LogP contribution in [0.5, 0.6) is 0 Å². The fourth-order valence-electron chi connectivity index (χ4n) is 1.71. The number of aliphatic hydroxyl groups is 1. The minimum atomic E-state index is -4.35. The molecule has 19 heavy (non-hydrogen) atoms. The van der Waals surface area contributed by atoms with E-state index in [2.05, 4.69) is 15.9 Å². The Balaban J connectivity index is 2.15. The zero-order valence-electron chi connectivity index (χ0n) is 9.62. The maximum absolute atomic E-state index is 12.6. The van der Waals surface area contributed by atoms with Crippen molar-refractivity contribution >= 4 is 27.3 Å². The first-order valence-corrected chi connectivity index (χ1v) is 7.11. The first-order chi connectivity index (χ1) is 8.86. The van der Waals surface area contributed by atoms with E-state index >= 15 is 0 Å². The highest BCUT2D eigenvalue weighted by atomic mass is 79.9. The summed E-state index contributed by atoms with van der Waals surface area (Å²) in [7, 11) is 0. The van der Waals surface area contributed by atoms with Crippen LogP contribution in [0, 0.1) is 0 Å². The van der Waals surface area contributed by atoms with Gasteiger partial charge in [0.15, 0.2) is 0 Å². The summed E-state index contributed by atoms with van der Waals surface area (Å²) in [6.07, 6.45) is -4.99. The Bertz CT molecular complexity index is 565. The summed E-state index contributed by atoms with van der Waals surface area (Å²) in [6, 6.07) is 6.80. The van der Waals surface area contributed by atoms with Crippen molar-refractivity contribution in [3.63, 3.8) is 0 Å². The number of thiophene rings is 1. The fourth-order valence-corrected chi connectivity index (χ4v) is 2.94. The van der Waals surface area contributed by atoms with Crippen LogP contribution in [0.25, 0.3) is 0 Å². The lowest BCUT2D eigenvalue weighted by Crippen LogP contribution is -2.06. The van der Waals surface area contributed by atoms with E-state index < -0.39 is 17.8 Å². The SMILES string of the molecule is OC(Cc1cccc(C(F)(F)F)c1)c1csc(Br)c1. The molecule has 1 aromatic heterocycles. The Morgan fingerprint density at radius 1 is 1.26 bits per heavy atom. The third-order valence-corrected chi connectivity index (χ3v) is 4.18. The highest BCUT2D eigenvalue weighted by molar-refractivity contribution is 9.11. The molecule has 0 bridgehead atoms. The van der Waals surface area contributed by atoms with Crippen LogP contribution in [0.3, 0.4) is 0 Å². The summed E-state index contributed by atoms with van der Waals surface area (Å²) in [5.41, 5.74) is 0.475. The molecule has 0 radical (unpaired) electrons. The second kappa shape index (κ2) is 5.64. The van der Waals surface area contributed by atoms with Gasteiger partial charge in [0.1, 0.15) is 0 Å². The third-order valence-electron chi connectivity index (χ3n) is 2.66. The Morgan fingerprint density at radius 3 is 2.58 bits per heavy atom. The number of hydrogen-bond acceptors (Lipinski definition) is 2. The topological polar surface area (TPSA) is 20.2 Å². The molecule has 1 N–H and O–H groups in total. The summed E-state index contributed by atoms with van der Waals surface area (Å²) < 4.78 is 38.6. The van der Waals surface area contributed by atoms with E-state index in [0.29, 0.717) is 11.1 Å². The number of hydrogen-bond donors (Lipinski definition) is 1. The maximum atomic E-state index is 12.6. The molecule has 0 saturated carbocycles. The van der Waals surface area contributed by atoms with Crippen LogP contribution in [-0.4, -0.2) is 5.11 Å². The molecule has 0 aliphatic rings. The fraction of sp³-hybridized carbons (Fsp3) is 0.231. The third kappa shape index (κ3) is 3.81. The van der Waals surface area contributed by atoms with Crippen LogP contribution in [-0.2, 0) is 12.6 Å². The summed E-state index contributed by atoms with van der Waals surface area (Å²) >= 11 is 4.71. The molecule has 0 aliphatic carbocycles. The molecule has 1 heterocycles. The van der Waals surface area contributed by atoms with Gasteiger partial charge in [0.2, 0.25) is 0 Å². The van der Waals surface area contributed by atoms with E-state index in [0.717, 1.165) is 15.9 Å². The van der Waals surface area contributed by atoms with Gasteiger partial charge in [-0.05, 0) is 44.6 Å². The second-order valence-corrected chi connectivity index (χ2v) is 6.39. The van der Waals surface area contributed by atoms with Crippen molar-refractivity contribution in [3.8, 4) is 0 Å². The minimum Gasteiger partial charge on any atom is -0.388 e. The van der Waals surface area contributed by atoms with Gasteiger partial charge >= 0.3 is 6.18 Å². The smallest absolute Gasteiger partial charge is 0.388 e. The first-order valence-electron chi connectivity index (χ1n) is 5.44. The Kier molecular flexibility index (Phi) is 4.32. The van der Waals surface area contributed by atoms with Gasteiger partial charge in [-0.2, -0.15) is 13.2 Å². The number of benzene rings is 1. The molecule has 0 fully saturated rings. The van der Waals surface area contributed by atoms with Crippen LogP contribution >= 0.6 is 27.3 Å². The second-order valence-electron chi connectivity index (χ2n) is 4.10. The van der Waals surface area contributed by atoms with Crippen molar-refractivity contribution in [2.75, 3.05) is 0 Å². The van der Waals surface area contributed by atoms with Gasteiger partial charge in [-0.3, -0.25) is 0 Å².